The first-order valence-corrected chi connectivity index (χ1v) is 5.28. The van der Waals surface area contributed by atoms with E-state index in [4.69, 9.17) is 5.73 Å². The summed E-state index contributed by atoms with van der Waals surface area (Å²) in [5.41, 5.74) is 6.08. The van der Waals surface area contributed by atoms with Crippen molar-refractivity contribution in [1.82, 2.24) is 0 Å². The molecule has 1 atom stereocenters. The zero-order chi connectivity index (χ0) is 9.30. The van der Waals surface area contributed by atoms with E-state index in [1.165, 1.54) is 12.8 Å². The van der Waals surface area contributed by atoms with Crippen LogP contribution in [0.25, 0.3) is 0 Å². The van der Waals surface area contributed by atoms with Crippen LogP contribution in [-0.2, 0) is 0 Å². The first-order valence-electron chi connectivity index (χ1n) is 5.28. The van der Waals surface area contributed by atoms with Crippen LogP contribution in [0.15, 0.2) is 0 Å². The minimum atomic E-state index is 0.444. The molecule has 0 heterocycles. The van der Waals surface area contributed by atoms with Gasteiger partial charge in [-0.3, -0.25) is 0 Å². The van der Waals surface area contributed by atoms with Crippen LogP contribution in [-0.4, -0.2) is 6.04 Å². The van der Waals surface area contributed by atoms with Crippen LogP contribution in [0.3, 0.4) is 0 Å². The Labute approximate surface area is 76.7 Å². The molecule has 2 N–H and O–H groups in total. The van der Waals surface area contributed by atoms with Crippen molar-refractivity contribution >= 4 is 0 Å². The standard InChI is InChI=1S/C11H23N/c1-7(2)9-5-10(6-9)11(12)8(3)4/h7-11H,5-6,12H2,1-4H3. The highest BCUT2D eigenvalue weighted by Gasteiger charge is 2.35. The molecule has 0 aromatic heterocycles. The van der Waals surface area contributed by atoms with Gasteiger partial charge in [0.2, 0.25) is 0 Å². The van der Waals surface area contributed by atoms with Crippen LogP contribution in [0, 0.1) is 23.7 Å². The number of rotatable bonds is 3. The zero-order valence-corrected chi connectivity index (χ0v) is 8.88. The van der Waals surface area contributed by atoms with Crippen LogP contribution < -0.4 is 5.73 Å². The molecular weight excluding hydrogens is 146 g/mol. The Kier molecular flexibility index (Phi) is 3.16. The van der Waals surface area contributed by atoms with Gasteiger partial charge in [0.1, 0.15) is 0 Å². The predicted octanol–water partition coefficient (Wildman–Crippen LogP) is 2.65. The van der Waals surface area contributed by atoms with Gasteiger partial charge < -0.3 is 5.73 Å². The highest BCUT2D eigenvalue weighted by molar-refractivity contribution is 4.88. The molecule has 1 unspecified atom stereocenters. The lowest BCUT2D eigenvalue weighted by Gasteiger charge is -2.42. The van der Waals surface area contributed by atoms with Gasteiger partial charge in [0.05, 0.1) is 0 Å². The van der Waals surface area contributed by atoms with E-state index in [2.05, 4.69) is 27.7 Å². The third-order valence-corrected chi connectivity index (χ3v) is 3.47. The second-order valence-corrected chi connectivity index (χ2v) is 5.06. The molecule has 0 aromatic carbocycles. The first-order chi connectivity index (χ1) is 5.52. The van der Waals surface area contributed by atoms with Crippen molar-refractivity contribution in [2.24, 2.45) is 29.4 Å². The van der Waals surface area contributed by atoms with Crippen molar-refractivity contribution in [3.05, 3.63) is 0 Å². The maximum atomic E-state index is 6.08. The molecule has 1 heteroatoms. The summed E-state index contributed by atoms with van der Waals surface area (Å²) in [5, 5.41) is 0. The maximum Gasteiger partial charge on any atom is 0.00905 e. The van der Waals surface area contributed by atoms with Crippen molar-refractivity contribution in [2.45, 2.75) is 46.6 Å². The normalized spacial score (nSPS) is 32.2. The summed E-state index contributed by atoms with van der Waals surface area (Å²) in [6.45, 7) is 9.10. The highest BCUT2D eigenvalue weighted by atomic mass is 14.7. The van der Waals surface area contributed by atoms with Gasteiger partial charge in [-0.2, -0.15) is 0 Å². The third-order valence-electron chi connectivity index (χ3n) is 3.47. The molecule has 0 amide bonds. The summed E-state index contributed by atoms with van der Waals surface area (Å²) < 4.78 is 0. The van der Waals surface area contributed by atoms with E-state index in [0.717, 1.165) is 17.8 Å². The Bertz CT molecular complexity index is 134. The van der Waals surface area contributed by atoms with Crippen LogP contribution in [0.4, 0.5) is 0 Å². The lowest BCUT2D eigenvalue weighted by Crippen LogP contribution is -2.43. The molecule has 72 valence electrons. The van der Waals surface area contributed by atoms with Crippen LogP contribution >= 0.6 is 0 Å². The first kappa shape index (κ1) is 10.0. The Morgan fingerprint density at radius 1 is 1.00 bits per heavy atom. The molecule has 1 aliphatic rings. The second kappa shape index (κ2) is 3.78. The highest BCUT2D eigenvalue weighted by Crippen LogP contribution is 2.41. The number of nitrogens with two attached hydrogens (primary N) is 1. The van der Waals surface area contributed by atoms with Crippen molar-refractivity contribution in [3.63, 3.8) is 0 Å². The Morgan fingerprint density at radius 2 is 1.50 bits per heavy atom. The van der Waals surface area contributed by atoms with E-state index in [1.807, 2.05) is 0 Å². The molecular formula is C11H23N. The summed E-state index contributed by atoms with van der Waals surface area (Å²) in [6, 6.07) is 0.444. The van der Waals surface area contributed by atoms with E-state index in [1.54, 1.807) is 0 Å². The lowest BCUT2D eigenvalue weighted by molar-refractivity contribution is 0.102. The molecule has 1 saturated carbocycles. The van der Waals surface area contributed by atoms with E-state index in [9.17, 15) is 0 Å². The van der Waals surface area contributed by atoms with Crippen molar-refractivity contribution < 1.29 is 0 Å². The maximum absolute atomic E-state index is 6.08. The number of hydrogen-bond donors (Lipinski definition) is 1. The summed E-state index contributed by atoms with van der Waals surface area (Å²) in [6.07, 6.45) is 2.74. The summed E-state index contributed by atoms with van der Waals surface area (Å²) in [4.78, 5) is 0. The summed E-state index contributed by atoms with van der Waals surface area (Å²) >= 11 is 0. The van der Waals surface area contributed by atoms with Gasteiger partial charge in [-0.1, -0.05) is 27.7 Å². The van der Waals surface area contributed by atoms with Gasteiger partial charge in [0.15, 0.2) is 0 Å². The average Bonchev–Trinajstić information content (AvgIpc) is 1.82. The van der Waals surface area contributed by atoms with E-state index in [0.29, 0.717) is 12.0 Å². The second-order valence-electron chi connectivity index (χ2n) is 5.06. The fourth-order valence-electron chi connectivity index (χ4n) is 2.11. The van der Waals surface area contributed by atoms with E-state index >= 15 is 0 Å². The van der Waals surface area contributed by atoms with Gasteiger partial charge in [-0.15, -0.1) is 0 Å². The molecule has 1 aliphatic carbocycles. The molecule has 0 radical (unpaired) electrons. The van der Waals surface area contributed by atoms with Gasteiger partial charge >= 0.3 is 0 Å². The Hall–Kier alpha value is -0.0400. The molecule has 0 saturated heterocycles. The molecule has 1 rings (SSSR count). The molecule has 1 fully saturated rings. The lowest BCUT2D eigenvalue weighted by atomic mass is 9.65. The topological polar surface area (TPSA) is 26.0 Å². The minimum Gasteiger partial charge on any atom is -0.327 e. The van der Waals surface area contributed by atoms with Crippen molar-refractivity contribution in [2.75, 3.05) is 0 Å². The molecule has 0 aliphatic heterocycles. The van der Waals surface area contributed by atoms with Crippen LogP contribution in [0.1, 0.15) is 40.5 Å². The molecule has 1 nitrogen and oxygen atoms in total. The smallest absolute Gasteiger partial charge is 0.00905 e. The molecule has 0 aromatic rings. The van der Waals surface area contributed by atoms with Gasteiger partial charge in [0.25, 0.3) is 0 Å². The van der Waals surface area contributed by atoms with E-state index < -0.39 is 0 Å². The quantitative estimate of drug-likeness (QED) is 0.690. The average molecular weight is 169 g/mol. The van der Waals surface area contributed by atoms with Gasteiger partial charge in [0, 0.05) is 6.04 Å². The minimum absolute atomic E-state index is 0.444. The SMILES string of the molecule is CC(C)C1CC(C(N)C(C)C)C1. The summed E-state index contributed by atoms with van der Waals surface area (Å²) in [5.74, 6) is 3.29. The van der Waals surface area contributed by atoms with Crippen molar-refractivity contribution in [1.29, 1.82) is 0 Å². The number of hydrogen-bond acceptors (Lipinski definition) is 1. The molecule has 0 spiro atoms. The molecule has 12 heavy (non-hydrogen) atoms. The van der Waals surface area contributed by atoms with Crippen LogP contribution in [0.5, 0.6) is 0 Å². The van der Waals surface area contributed by atoms with Crippen LogP contribution in [0.2, 0.25) is 0 Å². The zero-order valence-electron chi connectivity index (χ0n) is 8.88. The molecule has 0 bridgehead atoms. The fourth-order valence-corrected chi connectivity index (χ4v) is 2.11. The third kappa shape index (κ3) is 2.01. The monoisotopic (exact) mass is 169 g/mol. The fraction of sp³-hybridized carbons (Fsp3) is 1.00. The van der Waals surface area contributed by atoms with Gasteiger partial charge in [-0.05, 0) is 36.5 Å². The largest absolute Gasteiger partial charge is 0.327 e. The van der Waals surface area contributed by atoms with E-state index in [-0.39, 0.29) is 0 Å². The van der Waals surface area contributed by atoms with Crippen molar-refractivity contribution in [3.8, 4) is 0 Å². The Morgan fingerprint density at radius 3 is 1.83 bits per heavy atom. The Balaban J connectivity index is 2.25. The predicted molar refractivity (Wildman–Crippen MR) is 53.9 cm³/mol. The van der Waals surface area contributed by atoms with Gasteiger partial charge in [-0.25, -0.2) is 0 Å². The summed E-state index contributed by atoms with van der Waals surface area (Å²) in [7, 11) is 0.